The van der Waals surface area contributed by atoms with Crippen molar-refractivity contribution in [3.63, 3.8) is 0 Å². The van der Waals surface area contributed by atoms with Gasteiger partial charge in [0.15, 0.2) is 5.82 Å². The summed E-state index contributed by atoms with van der Waals surface area (Å²) < 4.78 is 0. The lowest BCUT2D eigenvalue weighted by atomic mass is 10.1. The summed E-state index contributed by atoms with van der Waals surface area (Å²) in [6, 6.07) is 1.80. The van der Waals surface area contributed by atoms with Crippen LogP contribution in [0.25, 0.3) is 0 Å². The second kappa shape index (κ2) is 10.5. The molecule has 0 saturated heterocycles. The largest absolute Gasteiger partial charge is 0.389 e. The molecule has 1 aromatic rings. The Balaban J connectivity index is 2.11. The number of hydrogen-bond donors (Lipinski definition) is 2. The van der Waals surface area contributed by atoms with Crippen molar-refractivity contribution in [2.75, 3.05) is 11.9 Å². The summed E-state index contributed by atoms with van der Waals surface area (Å²) in [4.78, 5) is 0.360. The van der Waals surface area contributed by atoms with E-state index in [9.17, 15) is 0 Å². The van der Waals surface area contributed by atoms with E-state index in [2.05, 4.69) is 22.4 Å². The average Bonchev–Trinajstić information content (AvgIpc) is 2.46. The molecule has 0 amide bonds. The van der Waals surface area contributed by atoms with Crippen molar-refractivity contribution in [2.24, 2.45) is 5.73 Å². The normalized spacial score (nSPS) is 10.4. The topological polar surface area (TPSA) is 63.8 Å². The van der Waals surface area contributed by atoms with Gasteiger partial charge in [-0.25, -0.2) is 0 Å². The summed E-state index contributed by atoms with van der Waals surface area (Å²) in [6.45, 7) is 3.14. The fourth-order valence-electron chi connectivity index (χ4n) is 2.13. The van der Waals surface area contributed by atoms with Crippen molar-refractivity contribution in [1.82, 2.24) is 10.2 Å². The van der Waals surface area contributed by atoms with Gasteiger partial charge in [0.25, 0.3) is 0 Å². The van der Waals surface area contributed by atoms with Crippen LogP contribution in [0.1, 0.15) is 63.9 Å². The minimum Gasteiger partial charge on any atom is -0.389 e. The Labute approximate surface area is 127 Å². The highest BCUT2D eigenvalue weighted by atomic mass is 32.1. The number of nitrogens with one attached hydrogen (secondary N) is 1. The molecule has 0 aromatic carbocycles. The molecular weight excluding hydrogens is 268 g/mol. The molecule has 5 heteroatoms. The van der Waals surface area contributed by atoms with E-state index in [4.69, 9.17) is 18.0 Å². The predicted molar refractivity (Wildman–Crippen MR) is 89.0 cm³/mol. The number of thiocarbonyl (C=S) groups is 1. The molecule has 0 saturated carbocycles. The highest BCUT2D eigenvalue weighted by Crippen LogP contribution is 2.11. The van der Waals surface area contributed by atoms with Gasteiger partial charge >= 0.3 is 0 Å². The van der Waals surface area contributed by atoms with E-state index in [1.165, 1.54) is 44.9 Å². The van der Waals surface area contributed by atoms with Gasteiger partial charge in [-0.2, -0.15) is 5.10 Å². The van der Waals surface area contributed by atoms with E-state index in [0.717, 1.165) is 18.5 Å². The summed E-state index contributed by atoms with van der Waals surface area (Å²) in [5, 5.41) is 11.2. The number of rotatable bonds is 11. The Bertz CT molecular complexity index is 395. The zero-order chi connectivity index (χ0) is 14.6. The van der Waals surface area contributed by atoms with Crippen LogP contribution in [-0.4, -0.2) is 21.7 Å². The second-order valence-corrected chi connectivity index (χ2v) is 5.50. The molecule has 1 aromatic heterocycles. The Kier molecular flexibility index (Phi) is 8.87. The van der Waals surface area contributed by atoms with E-state index in [1.54, 1.807) is 12.3 Å². The third-order valence-corrected chi connectivity index (χ3v) is 3.53. The van der Waals surface area contributed by atoms with Crippen LogP contribution in [0, 0.1) is 0 Å². The molecule has 0 fully saturated rings. The summed E-state index contributed by atoms with van der Waals surface area (Å²) in [5.41, 5.74) is 6.42. The molecule has 112 valence electrons. The lowest BCUT2D eigenvalue weighted by molar-refractivity contribution is 0.581. The molecule has 0 aliphatic carbocycles. The SMILES string of the molecule is CCCCCCCCCCNc1nnccc1C(N)=S. The van der Waals surface area contributed by atoms with Crippen molar-refractivity contribution in [3.05, 3.63) is 17.8 Å². The van der Waals surface area contributed by atoms with Gasteiger partial charge in [0.1, 0.15) is 4.99 Å². The summed E-state index contributed by atoms with van der Waals surface area (Å²) in [5.74, 6) is 0.697. The maximum Gasteiger partial charge on any atom is 0.158 e. The van der Waals surface area contributed by atoms with Crippen molar-refractivity contribution in [2.45, 2.75) is 58.3 Å². The molecule has 0 aliphatic heterocycles. The fourth-order valence-corrected chi connectivity index (χ4v) is 2.29. The smallest absolute Gasteiger partial charge is 0.158 e. The van der Waals surface area contributed by atoms with Crippen LogP contribution in [0.15, 0.2) is 12.3 Å². The van der Waals surface area contributed by atoms with Gasteiger partial charge in [0.05, 0.1) is 11.8 Å². The minimum absolute atomic E-state index is 0.360. The molecule has 0 radical (unpaired) electrons. The quantitative estimate of drug-likeness (QED) is 0.481. The lowest BCUT2D eigenvalue weighted by Crippen LogP contribution is -2.15. The zero-order valence-corrected chi connectivity index (χ0v) is 13.2. The Morgan fingerprint density at radius 3 is 2.45 bits per heavy atom. The number of nitrogens with two attached hydrogens (primary N) is 1. The van der Waals surface area contributed by atoms with Crippen LogP contribution in [0.3, 0.4) is 0 Å². The van der Waals surface area contributed by atoms with Gasteiger partial charge in [0, 0.05) is 6.54 Å². The summed E-state index contributed by atoms with van der Waals surface area (Å²) >= 11 is 4.99. The third kappa shape index (κ3) is 6.80. The van der Waals surface area contributed by atoms with Crippen molar-refractivity contribution < 1.29 is 0 Å². The van der Waals surface area contributed by atoms with E-state index in [-0.39, 0.29) is 0 Å². The highest BCUT2D eigenvalue weighted by Gasteiger charge is 2.05. The van der Waals surface area contributed by atoms with Gasteiger partial charge in [0.2, 0.25) is 0 Å². The van der Waals surface area contributed by atoms with Gasteiger partial charge in [-0.05, 0) is 12.5 Å². The predicted octanol–water partition coefficient (Wildman–Crippen LogP) is 3.66. The maximum absolute atomic E-state index is 5.65. The van der Waals surface area contributed by atoms with Gasteiger partial charge in [-0.15, -0.1) is 5.10 Å². The third-order valence-electron chi connectivity index (χ3n) is 3.31. The monoisotopic (exact) mass is 294 g/mol. The van der Waals surface area contributed by atoms with Crippen LogP contribution < -0.4 is 11.1 Å². The van der Waals surface area contributed by atoms with Crippen molar-refractivity contribution in [3.8, 4) is 0 Å². The molecule has 0 atom stereocenters. The zero-order valence-electron chi connectivity index (χ0n) is 12.4. The number of nitrogens with zero attached hydrogens (tertiary/aromatic N) is 2. The average molecular weight is 294 g/mol. The van der Waals surface area contributed by atoms with Crippen LogP contribution in [-0.2, 0) is 0 Å². The van der Waals surface area contributed by atoms with E-state index < -0.39 is 0 Å². The summed E-state index contributed by atoms with van der Waals surface area (Å²) in [6.07, 6.45) is 12.1. The van der Waals surface area contributed by atoms with Crippen LogP contribution >= 0.6 is 12.2 Å². The first-order valence-electron chi connectivity index (χ1n) is 7.61. The maximum atomic E-state index is 5.65. The van der Waals surface area contributed by atoms with E-state index in [0.29, 0.717) is 10.8 Å². The number of unbranched alkanes of at least 4 members (excludes halogenated alkanes) is 7. The van der Waals surface area contributed by atoms with Gasteiger partial charge in [-0.3, -0.25) is 0 Å². The molecular formula is C15H26N4S. The molecule has 0 aliphatic rings. The summed E-state index contributed by atoms with van der Waals surface area (Å²) in [7, 11) is 0. The minimum atomic E-state index is 0.360. The van der Waals surface area contributed by atoms with E-state index in [1.807, 2.05) is 0 Å². The first-order chi connectivity index (χ1) is 9.75. The molecule has 0 unspecified atom stereocenters. The van der Waals surface area contributed by atoms with Gasteiger partial charge < -0.3 is 11.1 Å². The van der Waals surface area contributed by atoms with Crippen molar-refractivity contribution in [1.29, 1.82) is 0 Å². The first kappa shape index (κ1) is 16.8. The van der Waals surface area contributed by atoms with Crippen LogP contribution in [0.2, 0.25) is 0 Å². The molecule has 4 nitrogen and oxygen atoms in total. The molecule has 20 heavy (non-hydrogen) atoms. The Morgan fingerprint density at radius 2 is 1.80 bits per heavy atom. The Hall–Kier alpha value is -1.23. The first-order valence-corrected chi connectivity index (χ1v) is 8.02. The number of hydrogen-bond acceptors (Lipinski definition) is 4. The molecule has 3 N–H and O–H groups in total. The van der Waals surface area contributed by atoms with Gasteiger partial charge in [-0.1, -0.05) is 64.1 Å². The van der Waals surface area contributed by atoms with Crippen LogP contribution in [0.5, 0.6) is 0 Å². The lowest BCUT2D eigenvalue weighted by Gasteiger charge is -2.08. The number of aromatic nitrogens is 2. The second-order valence-electron chi connectivity index (χ2n) is 5.06. The molecule has 1 rings (SSSR count). The standard InChI is InChI=1S/C15H26N4S/c1-2-3-4-5-6-7-8-9-11-17-15-13(14(16)20)10-12-18-19-15/h10,12H,2-9,11H2,1H3,(H2,16,20)(H,17,19). The van der Waals surface area contributed by atoms with Crippen LogP contribution in [0.4, 0.5) is 5.82 Å². The molecule has 0 spiro atoms. The Morgan fingerprint density at radius 1 is 1.15 bits per heavy atom. The van der Waals surface area contributed by atoms with E-state index >= 15 is 0 Å². The molecule has 1 heterocycles. The molecule has 0 bridgehead atoms. The fraction of sp³-hybridized carbons (Fsp3) is 0.667. The number of anilines is 1. The van der Waals surface area contributed by atoms with Crippen molar-refractivity contribution >= 4 is 23.0 Å². The highest BCUT2D eigenvalue weighted by molar-refractivity contribution is 7.80.